The van der Waals surface area contributed by atoms with Crippen LogP contribution in [0.2, 0.25) is 0 Å². The molecule has 0 aliphatic rings. The van der Waals surface area contributed by atoms with Gasteiger partial charge in [-0.15, -0.1) is 11.8 Å². The van der Waals surface area contributed by atoms with Gasteiger partial charge in [-0.25, -0.2) is 0 Å². The maximum Gasteiger partial charge on any atom is 0.237 e. The van der Waals surface area contributed by atoms with Crippen molar-refractivity contribution in [1.82, 2.24) is 10.1 Å². The average Bonchev–Trinajstić information content (AvgIpc) is 3.09. The van der Waals surface area contributed by atoms with Crippen LogP contribution in [-0.4, -0.2) is 10.1 Å². The molecule has 96 valence electrons. The van der Waals surface area contributed by atoms with Crippen LogP contribution in [0.4, 0.5) is 0 Å². The standard InChI is InChI=1S/C13H9BrN2OS2/c14-10-3-1-2-4-11(10)19-8-12-15-13(16-17-12)9-5-6-18-7-9/h1-7H,8H2. The van der Waals surface area contributed by atoms with Gasteiger partial charge in [0.2, 0.25) is 11.7 Å². The smallest absolute Gasteiger partial charge is 0.237 e. The Labute approximate surface area is 127 Å². The van der Waals surface area contributed by atoms with E-state index in [4.69, 9.17) is 4.52 Å². The van der Waals surface area contributed by atoms with Crippen LogP contribution in [0.3, 0.4) is 0 Å². The van der Waals surface area contributed by atoms with Crippen LogP contribution in [0.25, 0.3) is 11.4 Å². The first-order valence-corrected chi connectivity index (χ1v) is 8.27. The fourth-order valence-corrected chi connectivity index (χ4v) is 3.56. The monoisotopic (exact) mass is 352 g/mol. The summed E-state index contributed by atoms with van der Waals surface area (Å²) < 4.78 is 6.34. The van der Waals surface area contributed by atoms with Crippen LogP contribution in [0.1, 0.15) is 5.89 Å². The van der Waals surface area contributed by atoms with E-state index < -0.39 is 0 Å². The first-order chi connectivity index (χ1) is 9.33. The topological polar surface area (TPSA) is 38.9 Å². The molecule has 0 saturated heterocycles. The van der Waals surface area contributed by atoms with E-state index in [9.17, 15) is 0 Å². The number of halogens is 1. The van der Waals surface area contributed by atoms with Crippen molar-refractivity contribution in [2.24, 2.45) is 0 Å². The molecule has 0 unspecified atom stereocenters. The van der Waals surface area contributed by atoms with Gasteiger partial charge in [-0.2, -0.15) is 16.3 Å². The van der Waals surface area contributed by atoms with E-state index in [0.717, 1.165) is 14.9 Å². The Kier molecular flexibility index (Phi) is 4.00. The van der Waals surface area contributed by atoms with Crippen molar-refractivity contribution < 1.29 is 4.52 Å². The Hall–Kier alpha value is -1.11. The molecule has 0 atom stereocenters. The summed E-state index contributed by atoms with van der Waals surface area (Å²) in [7, 11) is 0. The van der Waals surface area contributed by atoms with Crippen LogP contribution in [0.15, 0.2) is 55.0 Å². The van der Waals surface area contributed by atoms with Crippen molar-refractivity contribution in [2.75, 3.05) is 0 Å². The molecule has 0 aliphatic carbocycles. The summed E-state index contributed by atoms with van der Waals surface area (Å²) >= 11 is 6.81. The van der Waals surface area contributed by atoms with Gasteiger partial charge in [-0.1, -0.05) is 17.3 Å². The second kappa shape index (κ2) is 5.90. The lowest BCUT2D eigenvalue weighted by atomic mass is 10.3. The second-order valence-corrected chi connectivity index (χ2v) is 6.39. The number of thiophene rings is 1. The van der Waals surface area contributed by atoms with Crippen molar-refractivity contribution >= 4 is 39.0 Å². The Bertz CT molecular complexity index is 667. The van der Waals surface area contributed by atoms with Crippen molar-refractivity contribution in [2.45, 2.75) is 10.6 Å². The van der Waals surface area contributed by atoms with Crippen LogP contribution in [0.5, 0.6) is 0 Å². The zero-order valence-corrected chi connectivity index (χ0v) is 13.0. The van der Waals surface area contributed by atoms with E-state index >= 15 is 0 Å². The Morgan fingerprint density at radius 3 is 2.95 bits per heavy atom. The summed E-state index contributed by atoms with van der Waals surface area (Å²) in [6.45, 7) is 0. The third-order valence-corrected chi connectivity index (χ3v) is 5.13. The summed E-state index contributed by atoms with van der Waals surface area (Å²) in [5.74, 6) is 1.96. The number of hydrogen-bond donors (Lipinski definition) is 0. The van der Waals surface area contributed by atoms with Crippen molar-refractivity contribution in [3.8, 4) is 11.4 Å². The van der Waals surface area contributed by atoms with Gasteiger partial charge in [0.25, 0.3) is 0 Å². The molecule has 19 heavy (non-hydrogen) atoms. The summed E-state index contributed by atoms with van der Waals surface area (Å²) in [6.07, 6.45) is 0. The largest absolute Gasteiger partial charge is 0.338 e. The predicted molar refractivity (Wildman–Crippen MR) is 81.3 cm³/mol. The molecule has 3 nitrogen and oxygen atoms in total. The molecule has 0 fully saturated rings. The van der Waals surface area contributed by atoms with Gasteiger partial charge in [0.05, 0.1) is 5.75 Å². The van der Waals surface area contributed by atoms with Crippen LogP contribution >= 0.6 is 39.0 Å². The Balaban J connectivity index is 1.70. The van der Waals surface area contributed by atoms with Crippen molar-refractivity contribution in [3.05, 3.63) is 51.5 Å². The molecule has 0 amide bonds. The molecule has 0 spiro atoms. The molecule has 3 rings (SSSR count). The number of rotatable bonds is 4. The lowest BCUT2D eigenvalue weighted by Crippen LogP contribution is -1.82. The van der Waals surface area contributed by atoms with Gasteiger partial charge >= 0.3 is 0 Å². The number of hydrogen-bond acceptors (Lipinski definition) is 5. The number of thioether (sulfide) groups is 1. The van der Waals surface area contributed by atoms with E-state index in [-0.39, 0.29) is 0 Å². The van der Waals surface area contributed by atoms with Gasteiger partial charge in [0.1, 0.15) is 0 Å². The van der Waals surface area contributed by atoms with Gasteiger partial charge in [-0.3, -0.25) is 0 Å². The SMILES string of the molecule is Brc1ccccc1SCc1nc(-c2ccsc2)no1. The molecule has 0 aliphatic heterocycles. The minimum Gasteiger partial charge on any atom is -0.338 e. The lowest BCUT2D eigenvalue weighted by Gasteiger charge is -2.00. The molecule has 0 saturated carbocycles. The average molecular weight is 353 g/mol. The first kappa shape index (κ1) is 12.9. The zero-order chi connectivity index (χ0) is 13.1. The maximum atomic E-state index is 5.26. The highest BCUT2D eigenvalue weighted by Crippen LogP contribution is 2.29. The van der Waals surface area contributed by atoms with Crippen LogP contribution in [0, 0.1) is 0 Å². The summed E-state index contributed by atoms with van der Waals surface area (Å²) in [6, 6.07) is 10.1. The van der Waals surface area contributed by atoms with E-state index in [2.05, 4.69) is 32.1 Å². The van der Waals surface area contributed by atoms with Crippen LogP contribution in [-0.2, 0) is 5.75 Å². The first-order valence-electron chi connectivity index (χ1n) is 5.55. The fraction of sp³-hybridized carbons (Fsp3) is 0.0769. The highest BCUT2D eigenvalue weighted by molar-refractivity contribution is 9.10. The zero-order valence-electron chi connectivity index (χ0n) is 9.75. The van der Waals surface area contributed by atoms with Crippen molar-refractivity contribution in [3.63, 3.8) is 0 Å². The summed E-state index contributed by atoms with van der Waals surface area (Å²) in [5, 5.41) is 8.00. The Morgan fingerprint density at radius 1 is 1.26 bits per heavy atom. The van der Waals surface area contributed by atoms with E-state index in [0.29, 0.717) is 17.5 Å². The van der Waals surface area contributed by atoms with E-state index in [1.54, 1.807) is 23.1 Å². The van der Waals surface area contributed by atoms with Gasteiger partial charge in [0, 0.05) is 20.3 Å². The number of benzene rings is 1. The Morgan fingerprint density at radius 2 is 2.16 bits per heavy atom. The highest BCUT2D eigenvalue weighted by Gasteiger charge is 2.09. The molecule has 1 aromatic carbocycles. The highest BCUT2D eigenvalue weighted by atomic mass is 79.9. The molecule has 6 heteroatoms. The number of nitrogens with zero attached hydrogens (tertiary/aromatic N) is 2. The molecule has 0 N–H and O–H groups in total. The second-order valence-electron chi connectivity index (χ2n) is 3.74. The third-order valence-electron chi connectivity index (χ3n) is 2.44. The quantitative estimate of drug-likeness (QED) is 0.629. The maximum absolute atomic E-state index is 5.26. The minimum atomic E-state index is 0.641. The molecule has 2 heterocycles. The number of aromatic nitrogens is 2. The van der Waals surface area contributed by atoms with Crippen LogP contribution < -0.4 is 0 Å². The van der Waals surface area contributed by atoms with Gasteiger partial charge < -0.3 is 4.52 Å². The van der Waals surface area contributed by atoms with E-state index in [1.807, 2.05) is 35.0 Å². The van der Waals surface area contributed by atoms with Gasteiger partial charge in [0.15, 0.2) is 0 Å². The molecular formula is C13H9BrN2OS2. The summed E-state index contributed by atoms with van der Waals surface area (Å²) in [4.78, 5) is 5.55. The predicted octanol–water partition coefficient (Wildman–Crippen LogP) is 4.85. The normalized spacial score (nSPS) is 10.8. The molecule has 2 aromatic heterocycles. The molecular weight excluding hydrogens is 344 g/mol. The van der Waals surface area contributed by atoms with Crippen molar-refractivity contribution in [1.29, 1.82) is 0 Å². The summed E-state index contributed by atoms with van der Waals surface area (Å²) in [5.41, 5.74) is 1.01. The third kappa shape index (κ3) is 3.08. The molecule has 0 radical (unpaired) electrons. The molecule has 0 bridgehead atoms. The fourth-order valence-electron chi connectivity index (χ4n) is 1.52. The molecule has 3 aromatic rings. The minimum absolute atomic E-state index is 0.641. The van der Waals surface area contributed by atoms with E-state index in [1.165, 1.54) is 0 Å². The van der Waals surface area contributed by atoms with Gasteiger partial charge in [-0.05, 0) is 39.5 Å². The lowest BCUT2D eigenvalue weighted by molar-refractivity contribution is 0.391.